The van der Waals surface area contributed by atoms with Gasteiger partial charge < -0.3 is 15.7 Å². The van der Waals surface area contributed by atoms with Crippen LogP contribution in [-0.2, 0) is 30.6 Å². The number of benzene rings is 3. The Morgan fingerprint density at radius 1 is 0.971 bits per heavy atom. The van der Waals surface area contributed by atoms with Gasteiger partial charge in [-0.2, -0.15) is 0 Å². The summed E-state index contributed by atoms with van der Waals surface area (Å²) < 4.78 is 27.5. The first-order valence-electron chi connectivity index (χ1n) is 11.4. The Kier molecular flexibility index (Phi) is 10.0. The Bertz CT molecular complexity index is 1140. The van der Waals surface area contributed by atoms with Crippen molar-refractivity contribution in [3.63, 3.8) is 0 Å². The molecule has 0 spiro atoms. The second-order valence-corrected chi connectivity index (χ2v) is 9.28. The lowest BCUT2D eigenvalue weighted by molar-refractivity contribution is -0.122. The van der Waals surface area contributed by atoms with Crippen LogP contribution in [0, 0.1) is 11.6 Å². The average Bonchev–Trinajstić information content (AvgIpc) is 2.80. The number of nitrogens with one attached hydrogen (secondary N) is 2. The van der Waals surface area contributed by atoms with Crippen molar-refractivity contribution in [3.05, 3.63) is 105 Å². The Hall–Kier alpha value is -2.51. The molecule has 3 N–H and O–H groups in total. The van der Waals surface area contributed by atoms with Crippen LogP contribution in [0.15, 0.2) is 60.7 Å². The third-order valence-corrected chi connectivity index (χ3v) is 6.22. The standard InChI is InChI=1S/C27H28Cl2F2N2O2/c1-2-17-4-3-5-18(8-17)15-32-16-26(34)25(11-19-9-22(30)14-23(31)10-19)33-27(35)12-20-6-7-21(28)13-24(20)29/h3-10,13-14,25-26,32,34H,2,11-12,15-16H2,1H3,(H,33,35)/t25-,26-/m0/s1. The lowest BCUT2D eigenvalue weighted by Crippen LogP contribution is -2.49. The highest BCUT2D eigenvalue weighted by molar-refractivity contribution is 6.35. The normalized spacial score (nSPS) is 12.9. The van der Waals surface area contributed by atoms with E-state index < -0.39 is 23.8 Å². The largest absolute Gasteiger partial charge is 0.390 e. The fourth-order valence-corrected chi connectivity index (χ4v) is 4.30. The fourth-order valence-electron chi connectivity index (χ4n) is 3.83. The van der Waals surface area contributed by atoms with Gasteiger partial charge in [-0.15, -0.1) is 0 Å². The van der Waals surface area contributed by atoms with Gasteiger partial charge in [-0.05, 0) is 59.4 Å². The molecule has 0 fully saturated rings. The molecule has 186 valence electrons. The molecule has 0 aliphatic heterocycles. The van der Waals surface area contributed by atoms with Gasteiger partial charge in [-0.1, -0.05) is 60.5 Å². The minimum absolute atomic E-state index is 0.0338. The van der Waals surface area contributed by atoms with Crippen LogP contribution in [0.5, 0.6) is 0 Å². The second-order valence-electron chi connectivity index (χ2n) is 8.44. The van der Waals surface area contributed by atoms with Gasteiger partial charge in [-0.3, -0.25) is 4.79 Å². The van der Waals surface area contributed by atoms with Crippen LogP contribution < -0.4 is 10.6 Å². The van der Waals surface area contributed by atoms with Crippen molar-refractivity contribution in [1.82, 2.24) is 10.6 Å². The number of amides is 1. The first kappa shape index (κ1) is 27.1. The highest BCUT2D eigenvalue weighted by Gasteiger charge is 2.23. The van der Waals surface area contributed by atoms with Gasteiger partial charge in [0.1, 0.15) is 11.6 Å². The van der Waals surface area contributed by atoms with Gasteiger partial charge in [0.25, 0.3) is 0 Å². The maximum Gasteiger partial charge on any atom is 0.224 e. The third kappa shape index (κ3) is 8.58. The smallest absolute Gasteiger partial charge is 0.224 e. The predicted molar refractivity (Wildman–Crippen MR) is 136 cm³/mol. The molecule has 0 saturated heterocycles. The van der Waals surface area contributed by atoms with Gasteiger partial charge in [0.2, 0.25) is 5.91 Å². The van der Waals surface area contributed by atoms with E-state index in [0.29, 0.717) is 27.7 Å². The second kappa shape index (κ2) is 13.0. The van der Waals surface area contributed by atoms with E-state index in [1.165, 1.54) is 17.7 Å². The van der Waals surface area contributed by atoms with Crippen LogP contribution in [0.4, 0.5) is 8.78 Å². The summed E-state index contributed by atoms with van der Waals surface area (Å²) in [6.45, 7) is 2.78. The molecule has 0 bridgehead atoms. The van der Waals surface area contributed by atoms with Crippen molar-refractivity contribution in [2.75, 3.05) is 6.54 Å². The summed E-state index contributed by atoms with van der Waals surface area (Å²) in [4.78, 5) is 12.8. The topological polar surface area (TPSA) is 61.4 Å². The first-order valence-corrected chi connectivity index (χ1v) is 12.1. The number of rotatable bonds is 11. The van der Waals surface area contributed by atoms with Gasteiger partial charge in [0, 0.05) is 29.2 Å². The monoisotopic (exact) mass is 520 g/mol. The molecule has 0 saturated carbocycles. The first-order chi connectivity index (χ1) is 16.7. The summed E-state index contributed by atoms with van der Waals surface area (Å²) in [6.07, 6.45) is -0.0797. The number of halogens is 4. The molecule has 0 aromatic heterocycles. The molecule has 0 aliphatic rings. The summed E-state index contributed by atoms with van der Waals surface area (Å²) in [5, 5.41) is 17.7. The van der Waals surface area contributed by atoms with Crippen molar-refractivity contribution >= 4 is 29.1 Å². The number of carbonyl (C=O) groups is 1. The van der Waals surface area contributed by atoms with Crippen LogP contribution in [-0.4, -0.2) is 29.7 Å². The average molecular weight is 521 g/mol. The lowest BCUT2D eigenvalue weighted by Gasteiger charge is -2.25. The number of hydrogen-bond donors (Lipinski definition) is 3. The van der Waals surface area contributed by atoms with E-state index in [1.54, 1.807) is 18.2 Å². The van der Waals surface area contributed by atoms with E-state index in [1.807, 2.05) is 12.1 Å². The van der Waals surface area contributed by atoms with Gasteiger partial charge in [-0.25, -0.2) is 8.78 Å². The summed E-state index contributed by atoms with van der Waals surface area (Å²) in [5.74, 6) is -1.83. The Labute approximate surface area is 214 Å². The van der Waals surface area contributed by atoms with Gasteiger partial charge in [0.05, 0.1) is 18.6 Å². The molecule has 0 aliphatic carbocycles. The van der Waals surface area contributed by atoms with E-state index >= 15 is 0 Å². The maximum absolute atomic E-state index is 13.7. The lowest BCUT2D eigenvalue weighted by atomic mass is 10.00. The summed E-state index contributed by atoms with van der Waals surface area (Å²) in [7, 11) is 0. The molecule has 1 amide bonds. The van der Waals surface area contributed by atoms with E-state index in [-0.39, 0.29) is 25.3 Å². The molecule has 2 atom stereocenters. The van der Waals surface area contributed by atoms with E-state index in [0.717, 1.165) is 18.1 Å². The van der Waals surface area contributed by atoms with Crippen molar-refractivity contribution < 1.29 is 18.7 Å². The molecule has 0 unspecified atom stereocenters. The van der Waals surface area contributed by atoms with Crippen molar-refractivity contribution in [2.24, 2.45) is 0 Å². The van der Waals surface area contributed by atoms with E-state index in [9.17, 15) is 18.7 Å². The number of hydrogen-bond acceptors (Lipinski definition) is 3. The van der Waals surface area contributed by atoms with Crippen LogP contribution in [0.3, 0.4) is 0 Å². The summed E-state index contributed by atoms with van der Waals surface area (Å²) in [6, 6.07) is 15.3. The summed E-state index contributed by atoms with van der Waals surface area (Å²) >= 11 is 12.1. The van der Waals surface area contributed by atoms with Crippen molar-refractivity contribution in [3.8, 4) is 0 Å². The molecule has 3 aromatic carbocycles. The zero-order valence-corrected chi connectivity index (χ0v) is 20.8. The molecule has 0 heterocycles. The van der Waals surface area contributed by atoms with Gasteiger partial charge >= 0.3 is 0 Å². The SMILES string of the molecule is CCc1cccc(CNC[C@H](O)[C@H](Cc2cc(F)cc(F)c2)NC(=O)Cc2ccc(Cl)cc2Cl)c1. The van der Waals surface area contributed by atoms with Crippen LogP contribution in [0.2, 0.25) is 10.0 Å². The minimum Gasteiger partial charge on any atom is -0.390 e. The molecular formula is C27H28Cl2F2N2O2. The van der Waals surface area contributed by atoms with Gasteiger partial charge in [0.15, 0.2) is 0 Å². The number of carbonyl (C=O) groups excluding carboxylic acids is 1. The van der Waals surface area contributed by atoms with Crippen LogP contribution in [0.25, 0.3) is 0 Å². The molecular weight excluding hydrogens is 493 g/mol. The highest BCUT2D eigenvalue weighted by Crippen LogP contribution is 2.21. The highest BCUT2D eigenvalue weighted by atomic mass is 35.5. The van der Waals surface area contributed by atoms with Crippen molar-refractivity contribution in [2.45, 2.75) is 44.9 Å². The molecule has 3 rings (SSSR count). The molecule has 0 radical (unpaired) electrons. The molecule has 3 aromatic rings. The maximum atomic E-state index is 13.7. The molecule has 8 heteroatoms. The Balaban J connectivity index is 1.68. The quantitative estimate of drug-likeness (QED) is 0.323. The number of aliphatic hydroxyl groups excluding tert-OH is 1. The van der Waals surface area contributed by atoms with Crippen LogP contribution in [0.1, 0.15) is 29.2 Å². The molecule has 4 nitrogen and oxygen atoms in total. The zero-order valence-electron chi connectivity index (χ0n) is 19.3. The predicted octanol–water partition coefficient (Wildman–Crippen LogP) is 5.25. The Morgan fingerprint density at radius 3 is 2.37 bits per heavy atom. The van der Waals surface area contributed by atoms with E-state index in [4.69, 9.17) is 23.2 Å². The molecule has 35 heavy (non-hydrogen) atoms. The number of aliphatic hydroxyl groups is 1. The van der Waals surface area contributed by atoms with Crippen LogP contribution >= 0.6 is 23.2 Å². The summed E-state index contributed by atoms with van der Waals surface area (Å²) in [5.41, 5.74) is 3.19. The van der Waals surface area contributed by atoms with Crippen molar-refractivity contribution in [1.29, 1.82) is 0 Å². The third-order valence-electron chi connectivity index (χ3n) is 5.64. The fraction of sp³-hybridized carbons (Fsp3) is 0.296. The Morgan fingerprint density at radius 2 is 1.69 bits per heavy atom. The zero-order chi connectivity index (χ0) is 25.4. The van der Waals surface area contributed by atoms with E-state index in [2.05, 4.69) is 29.7 Å². The minimum atomic E-state index is -1.01. The number of aryl methyl sites for hydroxylation is 1.